The summed E-state index contributed by atoms with van der Waals surface area (Å²) in [6.07, 6.45) is 2.65. The van der Waals surface area contributed by atoms with Crippen molar-refractivity contribution >= 4 is 0 Å². The number of rotatable bonds is 4. The van der Waals surface area contributed by atoms with Crippen LogP contribution in [0.3, 0.4) is 0 Å². The zero-order valence-corrected chi connectivity index (χ0v) is 13.9. The largest absolute Gasteiger partial charge is 0.137 e. The van der Waals surface area contributed by atoms with E-state index in [1.165, 1.54) is 12.8 Å². The minimum Gasteiger partial charge on any atom is -0.137 e. The van der Waals surface area contributed by atoms with Crippen molar-refractivity contribution in [1.29, 1.82) is 0 Å². The van der Waals surface area contributed by atoms with Crippen LogP contribution in [0, 0.1) is 17.8 Å². The molecule has 0 fully saturated rings. The SMILES string of the molecule is C.C=C.C=C=C.C=C=C=C.CCC(C)C(C)C(C)CC. The van der Waals surface area contributed by atoms with Gasteiger partial charge in [0, 0.05) is 0 Å². The maximum Gasteiger partial charge on any atom is -0.0391 e. The molecule has 0 saturated heterocycles. The van der Waals surface area contributed by atoms with E-state index in [0.29, 0.717) is 0 Å². The molecule has 0 N–H and O–H groups in total. The molecule has 0 aliphatic heterocycles. The van der Waals surface area contributed by atoms with Gasteiger partial charge in [-0.3, -0.25) is 0 Å². The second-order valence-corrected chi connectivity index (χ2v) is 4.23. The molecule has 0 heterocycles. The summed E-state index contributed by atoms with van der Waals surface area (Å²) in [7, 11) is 0. The van der Waals surface area contributed by atoms with Crippen LogP contribution in [0.2, 0.25) is 0 Å². The summed E-state index contributed by atoms with van der Waals surface area (Å²) in [6.45, 7) is 30.3. The predicted molar refractivity (Wildman–Crippen MR) is 99.1 cm³/mol. The first-order chi connectivity index (χ1) is 8.96. The first-order valence-corrected chi connectivity index (χ1v) is 6.79. The van der Waals surface area contributed by atoms with E-state index in [2.05, 4.69) is 91.3 Å². The van der Waals surface area contributed by atoms with Gasteiger partial charge in [-0.15, -0.1) is 18.9 Å². The molecule has 0 rings (SSSR count). The van der Waals surface area contributed by atoms with Crippen LogP contribution >= 0.6 is 0 Å². The molecule has 0 aliphatic rings. The Morgan fingerprint density at radius 1 is 0.750 bits per heavy atom. The van der Waals surface area contributed by atoms with Gasteiger partial charge in [-0.05, 0) is 30.9 Å². The van der Waals surface area contributed by atoms with Gasteiger partial charge in [-0.2, -0.15) is 0 Å². The fourth-order valence-electron chi connectivity index (χ4n) is 1.30. The Morgan fingerprint density at radius 2 is 0.950 bits per heavy atom. The van der Waals surface area contributed by atoms with E-state index in [4.69, 9.17) is 0 Å². The molecule has 0 bridgehead atoms. The quantitative estimate of drug-likeness (QED) is 0.376. The molecule has 0 aromatic heterocycles. The summed E-state index contributed by atoms with van der Waals surface area (Å²) < 4.78 is 0. The third-order valence-electron chi connectivity index (χ3n) is 3.21. The Hall–Kier alpha value is -1.44. The predicted octanol–water partition coefficient (Wildman–Crippen LogP) is 7.22. The second-order valence-electron chi connectivity index (χ2n) is 4.23. The molecule has 20 heavy (non-hydrogen) atoms. The van der Waals surface area contributed by atoms with Crippen LogP contribution in [0.1, 0.15) is 54.9 Å². The van der Waals surface area contributed by atoms with Crippen molar-refractivity contribution in [2.24, 2.45) is 17.8 Å². The Morgan fingerprint density at radius 3 is 1.05 bits per heavy atom. The van der Waals surface area contributed by atoms with Gasteiger partial charge in [0.25, 0.3) is 0 Å². The highest BCUT2D eigenvalue weighted by Crippen LogP contribution is 2.24. The average Bonchev–Trinajstić information content (AvgIpc) is 2.47. The molecule has 0 radical (unpaired) electrons. The van der Waals surface area contributed by atoms with E-state index in [0.717, 1.165) is 17.8 Å². The molecule has 0 heteroatoms. The third kappa shape index (κ3) is 30.0. The van der Waals surface area contributed by atoms with Crippen molar-refractivity contribution in [3.8, 4) is 0 Å². The first-order valence-electron chi connectivity index (χ1n) is 6.79. The van der Waals surface area contributed by atoms with Crippen molar-refractivity contribution in [2.75, 3.05) is 0 Å². The zero-order valence-electron chi connectivity index (χ0n) is 13.9. The molecule has 0 aliphatic carbocycles. The summed E-state index contributed by atoms with van der Waals surface area (Å²) in [5.74, 6) is 2.69. The Bertz CT molecular complexity index is 236. The van der Waals surface area contributed by atoms with Gasteiger partial charge in [0.2, 0.25) is 0 Å². The van der Waals surface area contributed by atoms with E-state index in [9.17, 15) is 0 Å². The molecule has 0 saturated carbocycles. The molecule has 2 atom stereocenters. The highest BCUT2D eigenvalue weighted by molar-refractivity contribution is 4.66. The molecular formula is C20H38. The minimum atomic E-state index is 0. The Kier molecular flexibility index (Phi) is 47.5. The third-order valence-corrected chi connectivity index (χ3v) is 3.21. The van der Waals surface area contributed by atoms with Crippen LogP contribution in [0.4, 0.5) is 0 Å². The van der Waals surface area contributed by atoms with Gasteiger partial charge in [0.05, 0.1) is 0 Å². The van der Waals surface area contributed by atoms with Crippen LogP contribution in [0.25, 0.3) is 0 Å². The second kappa shape index (κ2) is 30.5. The topological polar surface area (TPSA) is 0 Å². The summed E-state index contributed by atoms with van der Waals surface area (Å²) >= 11 is 0. The summed E-state index contributed by atoms with van der Waals surface area (Å²) in [4.78, 5) is 0. The lowest BCUT2D eigenvalue weighted by molar-refractivity contribution is 0.267. The summed E-state index contributed by atoms with van der Waals surface area (Å²) in [5.41, 5.74) is 6.89. The van der Waals surface area contributed by atoms with E-state index in [1.807, 2.05) is 0 Å². The molecular weight excluding hydrogens is 240 g/mol. The van der Waals surface area contributed by atoms with Crippen LogP contribution in [0.15, 0.2) is 56.7 Å². The van der Waals surface area contributed by atoms with E-state index in [1.54, 1.807) is 0 Å². The van der Waals surface area contributed by atoms with Crippen molar-refractivity contribution in [3.05, 3.63) is 56.7 Å². The lowest BCUT2D eigenvalue weighted by atomic mass is 9.82. The highest BCUT2D eigenvalue weighted by atomic mass is 14.2. The first kappa shape index (κ1) is 31.1. The highest BCUT2D eigenvalue weighted by Gasteiger charge is 2.15. The van der Waals surface area contributed by atoms with Crippen molar-refractivity contribution in [2.45, 2.75) is 54.9 Å². The van der Waals surface area contributed by atoms with Crippen LogP contribution in [-0.2, 0) is 0 Å². The van der Waals surface area contributed by atoms with Crippen LogP contribution in [0.5, 0.6) is 0 Å². The lowest BCUT2D eigenvalue weighted by Gasteiger charge is -2.23. The van der Waals surface area contributed by atoms with E-state index >= 15 is 0 Å². The number of hydrogen-bond acceptors (Lipinski definition) is 0. The standard InChI is InChI=1S/C10H22.C4H4.C3H4.C2H4.CH4/c1-6-8(3)10(5)9(4)7-2;1-3-4-2;1-3-2;1-2;/h8-10H,6-7H2,1-5H3;1-2H2;1-2H2;1-2H2;1H4. The smallest absolute Gasteiger partial charge is 0.0391 e. The van der Waals surface area contributed by atoms with Gasteiger partial charge in [-0.25, -0.2) is 0 Å². The van der Waals surface area contributed by atoms with Gasteiger partial charge in [0.15, 0.2) is 0 Å². The van der Waals surface area contributed by atoms with Gasteiger partial charge in [-0.1, -0.05) is 79.5 Å². The summed E-state index contributed by atoms with van der Waals surface area (Å²) in [5, 5.41) is 0. The zero-order chi connectivity index (χ0) is 16.3. The van der Waals surface area contributed by atoms with Crippen molar-refractivity contribution in [3.63, 3.8) is 0 Å². The monoisotopic (exact) mass is 278 g/mol. The Balaban J connectivity index is -0.0000000630. The maximum atomic E-state index is 3.18. The maximum absolute atomic E-state index is 3.18. The van der Waals surface area contributed by atoms with Gasteiger partial charge in [0.1, 0.15) is 0 Å². The molecule has 118 valence electrons. The number of hydrogen-bond donors (Lipinski definition) is 0. The van der Waals surface area contributed by atoms with Crippen LogP contribution in [-0.4, -0.2) is 0 Å². The molecule has 0 nitrogen and oxygen atoms in total. The minimum absolute atomic E-state index is 0. The normalized spacial score (nSPS) is 11.2. The molecule has 2 unspecified atom stereocenters. The fraction of sp³-hybridized carbons (Fsp3) is 0.550. The van der Waals surface area contributed by atoms with Crippen LogP contribution < -0.4 is 0 Å². The Labute approximate surface area is 130 Å². The van der Waals surface area contributed by atoms with E-state index in [-0.39, 0.29) is 7.43 Å². The van der Waals surface area contributed by atoms with Gasteiger partial charge < -0.3 is 0 Å². The average molecular weight is 279 g/mol. The molecule has 0 aromatic rings. The fourth-order valence-corrected chi connectivity index (χ4v) is 1.30. The molecule has 0 aromatic carbocycles. The van der Waals surface area contributed by atoms with Crippen molar-refractivity contribution in [1.82, 2.24) is 0 Å². The summed E-state index contributed by atoms with van der Waals surface area (Å²) in [6, 6.07) is 0. The van der Waals surface area contributed by atoms with Crippen molar-refractivity contribution < 1.29 is 0 Å². The van der Waals surface area contributed by atoms with E-state index < -0.39 is 0 Å². The molecule has 0 spiro atoms. The van der Waals surface area contributed by atoms with Gasteiger partial charge >= 0.3 is 0 Å². The molecule has 0 amide bonds. The lowest BCUT2D eigenvalue weighted by Crippen LogP contribution is -2.14.